The summed E-state index contributed by atoms with van der Waals surface area (Å²) in [4.78, 5) is 30.8. The van der Waals surface area contributed by atoms with Crippen molar-refractivity contribution in [1.29, 1.82) is 0 Å². The average Bonchev–Trinajstić information content (AvgIpc) is 3.22. The topological polar surface area (TPSA) is 112 Å². The number of ether oxygens (including phenoxy) is 1. The Balaban J connectivity index is 1.85. The zero-order valence-electron chi connectivity index (χ0n) is 22.1. The number of nitrogens with one attached hydrogen (secondary N) is 1. The lowest BCUT2D eigenvalue weighted by Crippen LogP contribution is -2.47. The maximum atomic E-state index is 13.2. The number of hydrogen-bond donors (Lipinski definition) is 3. The first-order valence-corrected chi connectivity index (χ1v) is 13.6. The molecule has 0 bridgehead atoms. The minimum Gasteiger partial charge on any atom is -0.392 e. The number of thiazole rings is 1. The quantitative estimate of drug-likeness (QED) is 0.522. The zero-order chi connectivity index (χ0) is 26.1. The molecule has 1 aromatic heterocycles. The Kier molecular flexibility index (Phi) is 8.62. The highest BCUT2D eigenvalue weighted by Crippen LogP contribution is 2.44. The number of fused-ring (bicyclic) bond motifs is 1. The van der Waals surface area contributed by atoms with Gasteiger partial charge in [0.25, 0.3) is 0 Å². The van der Waals surface area contributed by atoms with Gasteiger partial charge in [0, 0.05) is 17.7 Å². The van der Waals surface area contributed by atoms with Crippen LogP contribution in [0.3, 0.4) is 0 Å². The Labute approximate surface area is 213 Å². The van der Waals surface area contributed by atoms with Crippen LogP contribution in [0.5, 0.6) is 0 Å². The molecule has 2 fully saturated rings. The summed E-state index contributed by atoms with van der Waals surface area (Å²) in [6, 6.07) is -0.269. The molecule has 0 saturated carbocycles. The fourth-order valence-corrected chi connectivity index (χ4v) is 5.76. The van der Waals surface area contributed by atoms with E-state index in [2.05, 4.69) is 17.2 Å². The van der Waals surface area contributed by atoms with Crippen LogP contribution in [0.15, 0.2) is 11.0 Å². The van der Waals surface area contributed by atoms with Crippen LogP contribution in [-0.4, -0.2) is 56.8 Å². The number of hydrogen-bond acceptors (Lipinski definition) is 7. The van der Waals surface area contributed by atoms with Gasteiger partial charge < -0.3 is 20.3 Å². The molecule has 3 N–H and O–H groups in total. The van der Waals surface area contributed by atoms with Crippen LogP contribution < -0.4 is 5.32 Å². The highest BCUT2D eigenvalue weighted by molar-refractivity contribution is 7.09. The normalized spacial score (nSPS) is 37.5. The summed E-state index contributed by atoms with van der Waals surface area (Å²) in [5.74, 6) is -1.24. The lowest BCUT2D eigenvalue weighted by atomic mass is 9.72. The Morgan fingerprint density at radius 1 is 1.26 bits per heavy atom. The number of Topliss-reactive ketones (excluding diaryl/α,β-unsaturated/α-hetero) is 1. The molecule has 8 heteroatoms. The predicted molar refractivity (Wildman–Crippen MR) is 138 cm³/mol. The molecule has 35 heavy (non-hydrogen) atoms. The van der Waals surface area contributed by atoms with Crippen molar-refractivity contribution in [2.24, 2.45) is 17.3 Å². The minimum absolute atomic E-state index is 0.0170. The molecule has 196 valence electrons. The van der Waals surface area contributed by atoms with Crippen molar-refractivity contribution in [2.45, 2.75) is 111 Å². The molecule has 7 atom stereocenters. The number of epoxide rings is 1. The van der Waals surface area contributed by atoms with Gasteiger partial charge in [0.05, 0.1) is 52.5 Å². The van der Waals surface area contributed by atoms with Gasteiger partial charge in [0.2, 0.25) is 5.91 Å². The van der Waals surface area contributed by atoms with E-state index in [4.69, 9.17) is 4.74 Å². The van der Waals surface area contributed by atoms with Crippen LogP contribution in [0.1, 0.15) is 84.3 Å². The number of aliphatic hydroxyl groups is 2. The standard InChI is InChI=1S/C27H42N2O5S/c1-15-9-8-10-27(7)22(34-27)12-20(16(2)11-19-14-35-18(4)28-19)29-23(31)13-21(30)26(5,6)25(33)17(3)24(15)32/h11,14-15,17,20-22,24,30,32H,8-10,12-13H2,1-7H3,(H,29,31)/b16-11+/t15-,17+,20?,21?,22-,24-,27+/m0/s1. The second-order valence-electron chi connectivity index (χ2n) is 11.4. The van der Waals surface area contributed by atoms with Gasteiger partial charge in [-0.1, -0.05) is 34.1 Å². The third-order valence-electron chi connectivity index (χ3n) is 8.07. The van der Waals surface area contributed by atoms with Crippen LogP contribution >= 0.6 is 11.3 Å². The molecular weight excluding hydrogens is 464 g/mol. The molecule has 0 spiro atoms. The number of carbonyl (C=O) groups excluding carboxylic acids is 2. The van der Waals surface area contributed by atoms with E-state index >= 15 is 0 Å². The largest absolute Gasteiger partial charge is 0.392 e. The number of ketones is 1. The summed E-state index contributed by atoms with van der Waals surface area (Å²) >= 11 is 1.58. The molecule has 2 aliphatic rings. The first-order valence-electron chi connectivity index (χ1n) is 12.7. The fraction of sp³-hybridized carbons (Fsp3) is 0.741. The van der Waals surface area contributed by atoms with E-state index in [1.807, 2.05) is 32.2 Å². The van der Waals surface area contributed by atoms with E-state index < -0.39 is 23.5 Å². The first kappa shape index (κ1) is 28.0. The van der Waals surface area contributed by atoms with Gasteiger partial charge in [-0.2, -0.15) is 0 Å². The van der Waals surface area contributed by atoms with Crippen molar-refractivity contribution in [3.8, 4) is 0 Å². The van der Waals surface area contributed by atoms with Crippen molar-refractivity contribution >= 4 is 29.1 Å². The lowest BCUT2D eigenvalue weighted by molar-refractivity contribution is -0.143. The maximum absolute atomic E-state index is 13.2. The molecule has 7 nitrogen and oxygen atoms in total. The van der Waals surface area contributed by atoms with E-state index in [9.17, 15) is 19.8 Å². The molecule has 1 aromatic rings. The number of aryl methyl sites for hydroxylation is 1. The summed E-state index contributed by atoms with van der Waals surface area (Å²) < 4.78 is 6.10. The second kappa shape index (κ2) is 10.8. The third-order valence-corrected chi connectivity index (χ3v) is 8.86. The Hall–Kier alpha value is -1.61. The SMILES string of the molecule is C/C(=C\c1csc(C)n1)C1C[C@@H]2O[C@]2(C)CCC[C@H](C)[C@H](O)[C@@H](C)C(=O)C(C)(C)C(O)CC(=O)N1. The summed E-state index contributed by atoms with van der Waals surface area (Å²) in [6.07, 6.45) is 2.99. The maximum Gasteiger partial charge on any atom is 0.223 e. The Morgan fingerprint density at radius 3 is 2.57 bits per heavy atom. The van der Waals surface area contributed by atoms with Gasteiger partial charge in [0.15, 0.2) is 0 Å². The summed E-state index contributed by atoms with van der Waals surface area (Å²) in [5, 5.41) is 27.8. The second-order valence-corrected chi connectivity index (χ2v) is 12.5. The molecule has 0 aromatic carbocycles. The van der Waals surface area contributed by atoms with Crippen LogP contribution in [-0.2, 0) is 14.3 Å². The minimum atomic E-state index is -1.17. The molecule has 2 unspecified atom stereocenters. The van der Waals surface area contributed by atoms with Crippen LogP contribution in [0.4, 0.5) is 0 Å². The van der Waals surface area contributed by atoms with Crippen LogP contribution in [0.25, 0.3) is 6.08 Å². The van der Waals surface area contributed by atoms with E-state index in [0.29, 0.717) is 6.42 Å². The molecule has 3 rings (SSSR count). The highest BCUT2D eigenvalue weighted by Gasteiger charge is 2.52. The fourth-order valence-electron chi connectivity index (χ4n) is 5.19. The predicted octanol–water partition coefficient (Wildman–Crippen LogP) is 4.05. The summed E-state index contributed by atoms with van der Waals surface area (Å²) in [5.41, 5.74) is 0.410. The van der Waals surface area contributed by atoms with Crippen LogP contribution in [0.2, 0.25) is 0 Å². The first-order chi connectivity index (χ1) is 16.2. The van der Waals surface area contributed by atoms with Crippen molar-refractivity contribution in [3.63, 3.8) is 0 Å². The van der Waals surface area contributed by atoms with Crippen LogP contribution in [0, 0.1) is 24.2 Å². The number of rotatable bonds is 2. The van der Waals surface area contributed by atoms with Gasteiger partial charge >= 0.3 is 0 Å². The number of aliphatic hydroxyl groups excluding tert-OH is 2. The van der Waals surface area contributed by atoms with E-state index in [-0.39, 0.29) is 41.8 Å². The third kappa shape index (κ3) is 6.59. The number of nitrogens with zero attached hydrogens (tertiary/aromatic N) is 1. The van der Waals surface area contributed by atoms with Crippen molar-refractivity contribution in [1.82, 2.24) is 10.3 Å². The van der Waals surface area contributed by atoms with Gasteiger partial charge in [-0.3, -0.25) is 9.59 Å². The Bertz CT molecular complexity index is 957. The molecule has 1 amide bonds. The molecule has 2 saturated heterocycles. The van der Waals surface area contributed by atoms with Crippen molar-refractivity contribution in [3.05, 3.63) is 21.7 Å². The monoisotopic (exact) mass is 506 g/mol. The van der Waals surface area contributed by atoms with E-state index in [1.54, 1.807) is 32.1 Å². The van der Waals surface area contributed by atoms with E-state index in [0.717, 1.165) is 35.5 Å². The van der Waals surface area contributed by atoms with Gasteiger partial charge in [-0.05, 0) is 51.2 Å². The van der Waals surface area contributed by atoms with Gasteiger partial charge in [0.1, 0.15) is 5.78 Å². The van der Waals surface area contributed by atoms with Gasteiger partial charge in [-0.15, -0.1) is 11.3 Å². The van der Waals surface area contributed by atoms with Crippen molar-refractivity contribution < 1.29 is 24.5 Å². The smallest absolute Gasteiger partial charge is 0.223 e. The van der Waals surface area contributed by atoms with E-state index in [1.165, 1.54) is 0 Å². The number of carbonyl (C=O) groups is 2. The summed E-state index contributed by atoms with van der Waals surface area (Å²) in [7, 11) is 0. The summed E-state index contributed by atoms with van der Waals surface area (Å²) in [6.45, 7) is 13.0. The average molecular weight is 507 g/mol. The molecule has 0 aliphatic carbocycles. The lowest BCUT2D eigenvalue weighted by Gasteiger charge is -2.34. The highest BCUT2D eigenvalue weighted by atomic mass is 32.1. The Morgan fingerprint density at radius 2 is 1.94 bits per heavy atom. The van der Waals surface area contributed by atoms with Crippen molar-refractivity contribution in [2.75, 3.05) is 0 Å². The molecule has 3 heterocycles. The molecule has 2 aliphatic heterocycles. The number of aromatic nitrogens is 1. The molecular formula is C27H42N2O5S. The zero-order valence-corrected chi connectivity index (χ0v) is 22.9. The number of amides is 1. The molecule has 0 radical (unpaired) electrons. The van der Waals surface area contributed by atoms with Gasteiger partial charge in [-0.25, -0.2) is 4.98 Å².